The molecule has 4 aromatic carbocycles. The summed E-state index contributed by atoms with van der Waals surface area (Å²) in [7, 11) is 7.29. The molecule has 0 spiro atoms. The minimum Gasteiger partial charge on any atom is -0.504 e. The van der Waals surface area contributed by atoms with Gasteiger partial charge < -0.3 is 58.7 Å². The van der Waals surface area contributed by atoms with Gasteiger partial charge in [-0.2, -0.15) is 0 Å². The number of aliphatic hydroxyl groups excluding tert-OH is 1. The molecule has 1 saturated heterocycles. The zero-order valence-corrected chi connectivity index (χ0v) is 34.6. The van der Waals surface area contributed by atoms with Crippen LogP contribution in [0, 0.1) is 23.3 Å². The number of ether oxygens (including phenoxy) is 7. The number of rotatable bonds is 13. The van der Waals surface area contributed by atoms with Crippen molar-refractivity contribution in [1.82, 2.24) is 5.32 Å². The fourth-order valence-electron chi connectivity index (χ4n) is 4.54. The summed E-state index contributed by atoms with van der Waals surface area (Å²) in [6.07, 6.45) is 0.526. The van der Waals surface area contributed by atoms with Gasteiger partial charge >= 0.3 is 0 Å². The lowest BCUT2D eigenvalue weighted by Gasteiger charge is -2.30. The summed E-state index contributed by atoms with van der Waals surface area (Å²) in [4.78, 5) is 2.01. The number of phenolic OH excluding ortho intramolecular Hbond substituents is 2. The molecule has 5 rings (SSSR count). The van der Waals surface area contributed by atoms with Crippen LogP contribution in [0.1, 0.15) is 6.42 Å². The van der Waals surface area contributed by atoms with Crippen LogP contribution >= 0.6 is 31.9 Å². The second-order valence-corrected chi connectivity index (χ2v) is 12.8. The van der Waals surface area contributed by atoms with Crippen molar-refractivity contribution in [3.8, 4) is 46.0 Å². The van der Waals surface area contributed by atoms with Crippen LogP contribution < -0.4 is 38.6 Å². The van der Waals surface area contributed by atoms with E-state index in [1.807, 2.05) is 4.90 Å². The lowest BCUT2D eigenvalue weighted by atomic mass is 10.2. The quantitative estimate of drug-likeness (QED) is 0.0782. The molecule has 1 aliphatic heterocycles. The van der Waals surface area contributed by atoms with Crippen molar-refractivity contribution in [3.63, 3.8) is 0 Å². The fourth-order valence-corrected chi connectivity index (χ4v) is 5.20. The standard InChI is InChI=1S/C14H21FN2O3.C10H12BrFO3.C7H6BrFO2.C7H7FO2/c1-18-7-8-20-14-10-12(11(15)9-13(14)19-2)17-5-3-16-4-6-17;1-14-9-6-8(12)7(11)5-10(9)15-4-2-3-13;1-11-7-3-5(9)4(8)2-6(7)10;1-10-7-4-5(8)2-3-6(7)9/h9-10,16H,3-8H2,1-2H3;5-6,13H,2-4H2,1H3;2-3,10H,1H3;2-4,9H,1H3. The molecule has 1 aliphatic rings. The number of piperazine rings is 1. The molecule has 0 aliphatic carbocycles. The molecule has 0 radical (unpaired) electrons. The molecule has 18 heteroatoms. The first-order valence-corrected chi connectivity index (χ1v) is 18.4. The van der Waals surface area contributed by atoms with Gasteiger partial charge in [0.15, 0.2) is 46.0 Å². The Morgan fingerprint density at radius 2 is 1.12 bits per heavy atom. The number of hydrogen-bond donors (Lipinski definition) is 4. The minimum atomic E-state index is -0.459. The molecule has 4 aromatic rings. The SMILES string of the molecule is COCCOc1cc(N2CCNCC2)c(F)cc1OC.COc1cc(F)c(Br)cc1O.COc1cc(F)c(Br)cc1OCCCO.COc1cc(F)ccc1O. The average molecular weight is 927 g/mol. The molecule has 56 heavy (non-hydrogen) atoms. The van der Waals surface area contributed by atoms with E-state index in [0.29, 0.717) is 59.4 Å². The van der Waals surface area contributed by atoms with Gasteiger partial charge in [-0.05, 0) is 44.0 Å². The summed E-state index contributed by atoms with van der Waals surface area (Å²) in [5.41, 5.74) is 0.555. The summed E-state index contributed by atoms with van der Waals surface area (Å²) in [6, 6.07) is 11.7. The van der Waals surface area contributed by atoms with Crippen molar-refractivity contribution in [2.24, 2.45) is 0 Å². The van der Waals surface area contributed by atoms with E-state index in [9.17, 15) is 17.6 Å². The molecule has 12 nitrogen and oxygen atoms in total. The fraction of sp³-hybridized carbons (Fsp3) is 0.368. The first kappa shape index (κ1) is 47.8. The molecule has 0 bridgehead atoms. The van der Waals surface area contributed by atoms with Crippen molar-refractivity contribution in [2.75, 3.05) is 93.1 Å². The van der Waals surface area contributed by atoms with Gasteiger partial charge in [0, 0.05) is 88.8 Å². The molecule has 0 unspecified atom stereocenters. The molecule has 1 fully saturated rings. The van der Waals surface area contributed by atoms with Crippen LogP contribution in [-0.2, 0) is 4.74 Å². The van der Waals surface area contributed by atoms with Gasteiger partial charge in [0.05, 0.1) is 56.3 Å². The number of halogens is 6. The number of hydrogen-bond acceptors (Lipinski definition) is 12. The van der Waals surface area contributed by atoms with E-state index in [2.05, 4.69) is 46.7 Å². The topological polar surface area (TPSA) is 141 Å². The third kappa shape index (κ3) is 15.6. The molecule has 0 atom stereocenters. The molecule has 0 aromatic heterocycles. The lowest BCUT2D eigenvalue weighted by molar-refractivity contribution is 0.144. The van der Waals surface area contributed by atoms with E-state index in [0.717, 1.165) is 44.4 Å². The zero-order chi connectivity index (χ0) is 41.6. The second kappa shape index (κ2) is 25.7. The van der Waals surface area contributed by atoms with Crippen molar-refractivity contribution in [2.45, 2.75) is 6.42 Å². The van der Waals surface area contributed by atoms with E-state index in [-0.39, 0.29) is 39.9 Å². The highest BCUT2D eigenvalue weighted by Gasteiger charge is 2.19. The summed E-state index contributed by atoms with van der Waals surface area (Å²) in [5, 5.41) is 29.9. The summed E-state index contributed by atoms with van der Waals surface area (Å²) in [5.74, 6) is 0.318. The third-order valence-electron chi connectivity index (χ3n) is 7.37. The van der Waals surface area contributed by atoms with Gasteiger partial charge in [0.2, 0.25) is 0 Å². The lowest BCUT2D eigenvalue weighted by Crippen LogP contribution is -2.43. The van der Waals surface area contributed by atoms with Crippen LogP contribution in [-0.4, -0.2) is 103 Å². The maximum Gasteiger partial charge on any atom is 0.163 e. The number of benzene rings is 4. The van der Waals surface area contributed by atoms with Crippen molar-refractivity contribution in [1.29, 1.82) is 0 Å². The maximum atomic E-state index is 14.2. The van der Waals surface area contributed by atoms with E-state index < -0.39 is 17.5 Å². The molecule has 0 saturated carbocycles. The largest absolute Gasteiger partial charge is 0.504 e. The summed E-state index contributed by atoms with van der Waals surface area (Å²) in [6.45, 7) is 4.57. The Balaban J connectivity index is 0.000000268. The van der Waals surface area contributed by atoms with E-state index in [4.69, 9.17) is 39.0 Å². The Kier molecular flexibility index (Phi) is 22.0. The predicted octanol–water partition coefficient (Wildman–Crippen LogP) is 7.47. The van der Waals surface area contributed by atoms with Crippen molar-refractivity contribution in [3.05, 3.63) is 86.8 Å². The Labute approximate surface area is 340 Å². The highest BCUT2D eigenvalue weighted by Crippen LogP contribution is 2.35. The molecule has 1 heterocycles. The van der Waals surface area contributed by atoms with Crippen LogP contribution in [0.5, 0.6) is 46.0 Å². The Morgan fingerprint density at radius 1 is 0.607 bits per heavy atom. The van der Waals surface area contributed by atoms with Crippen LogP contribution in [0.4, 0.5) is 23.2 Å². The van der Waals surface area contributed by atoms with Crippen molar-refractivity contribution >= 4 is 37.5 Å². The summed E-state index contributed by atoms with van der Waals surface area (Å²) < 4.78 is 88.2. The van der Waals surface area contributed by atoms with Gasteiger partial charge in [-0.1, -0.05) is 0 Å². The smallest absolute Gasteiger partial charge is 0.163 e. The van der Waals surface area contributed by atoms with Gasteiger partial charge in [0.25, 0.3) is 0 Å². The van der Waals surface area contributed by atoms with E-state index in [1.54, 1.807) is 13.2 Å². The number of nitrogens with one attached hydrogen (secondary N) is 1. The van der Waals surface area contributed by atoms with Gasteiger partial charge in [-0.15, -0.1) is 0 Å². The third-order valence-corrected chi connectivity index (χ3v) is 8.58. The molecular weight excluding hydrogens is 880 g/mol. The maximum absolute atomic E-state index is 14.2. The number of methoxy groups -OCH3 is 5. The zero-order valence-electron chi connectivity index (χ0n) is 31.5. The van der Waals surface area contributed by atoms with Crippen molar-refractivity contribution < 1.29 is 66.0 Å². The Hall–Kier alpha value is -4.36. The Morgan fingerprint density at radius 3 is 1.68 bits per heavy atom. The molecular formula is C38H46Br2F4N2O10. The van der Waals surface area contributed by atoms with E-state index in [1.165, 1.54) is 58.8 Å². The minimum absolute atomic E-state index is 0.0519. The van der Waals surface area contributed by atoms with Crippen LogP contribution in [0.3, 0.4) is 0 Å². The average Bonchev–Trinajstić information content (AvgIpc) is 3.20. The molecule has 310 valence electrons. The number of nitrogens with zero attached hydrogens (tertiary/aromatic N) is 1. The molecule has 4 N–H and O–H groups in total. The van der Waals surface area contributed by atoms with Gasteiger partial charge in [-0.25, -0.2) is 17.6 Å². The highest BCUT2D eigenvalue weighted by atomic mass is 79.9. The number of aromatic hydroxyl groups is 2. The number of phenols is 2. The molecule has 0 amide bonds. The van der Waals surface area contributed by atoms with Crippen LogP contribution in [0.2, 0.25) is 0 Å². The van der Waals surface area contributed by atoms with Crippen LogP contribution in [0.15, 0.2) is 63.5 Å². The summed E-state index contributed by atoms with van der Waals surface area (Å²) >= 11 is 5.98. The number of aliphatic hydroxyl groups is 1. The normalized spacial score (nSPS) is 11.8. The Bertz CT molecular complexity index is 1790. The monoisotopic (exact) mass is 924 g/mol. The highest BCUT2D eigenvalue weighted by molar-refractivity contribution is 9.10. The van der Waals surface area contributed by atoms with Gasteiger partial charge in [-0.3, -0.25) is 0 Å². The predicted molar refractivity (Wildman–Crippen MR) is 210 cm³/mol. The van der Waals surface area contributed by atoms with E-state index >= 15 is 0 Å². The van der Waals surface area contributed by atoms with Crippen LogP contribution in [0.25, 0.3) is 0 Å². The second-order valence-electron chi connectivity index (χ2n) is 11.1. The number of anilines is 1. The first-order chi connectivity index (χ1) is 26.8. The first-order valence-electron chi connectivity index (χ1n) is 16.8. The van der Waals surface area contributed by atoms with Gasteiger partial charge in [0.1, 0.15) is 29.9 Å².